The highest BCUT2D eigenvalue weighted by Gasteiger charge is 2.09. The van der Waals surface area contributed by atoms with Crippen LogP contribution in [0.1, 0.15) is 31.3 Å². The molecular formula is C11H18N6O. The Balaban J connectivity index is 1.97. The first kappa shape index (κ1) is 12.7. The summed E-state index contributed by atoms with van der Waals surface area (Å²) in [7, 11) is 1.87. The van der Waals surface area contributed by atoms with Crippen LogP contribution < -0.4 is 5.32 Å². The van der Waals surface area contributed by atoms with Crippen molar-refractivity contribution in [1.82, 2.24) is 30.5 Å². The fourth-order valence-electron chi connectivity index (χ4n) is 1.62. The van der Waals surface area contributed by atoms with E-state index in [1.54, 1.807) is 4.68 Å². The predicted octanol–water partition coefficient (Wildman–Crippen LogP) is 0.627. The quantitative estimate of drug-likeness (QED) is 0.809. The average molecular weight is 250 g/mol. The summed E-state index contributed by atoms with van der Waals surface area (Å²) in [6.45, 7) is 5.40. The van der Waals surface area contributed by atoms with Crippen molar-refractivity contribution in [3.8, 4) is 0 Å². The Kier molecular flexibility index (Phi) is 4.03. The molecule has 0 spiro atoms. The van der Waals surface area contributed by atoms with Gasteiger partial charge in [-0.05, 0) is 13.0 Å². The van der Waals surface area contributed by atoms with Crippen LogP contribution in [0.15, 0.2) is 10.7 Å². The fraction of sp³-hybridized carbons (Fsp3) is 0.636. The molecule has 0 aliphatic rings. The molecule has 0 amide bonds. The Morgan fingerprint density at radius 3 is 3.00 bits per heavy atom. The van der Waals surface area contributed by atoms with Crippen molar-refractivity contribution in [2.24, 2.45) is 5.92 Å². The third-order valence-electron chi connectivity index (χ3n) is 2.34. The SMILES string of the molecule is CNCc1cn(Cc2nc(CC(C)C)no2)nn1. The predicted molar refractivity (Wildman–Crippen MR) is 64.7 cm³/mol. The summed E-state index contributed by atoms with van der Waals surface area (Å²) in [6, 6.07) is 0. The fourth-order valence-corrected chi connectivity index (χ4v) is 1.62. The van der Waals surface area contributed by atoms with E-state index in [1.165, 1.54) is 0 Å². The summed E-state index contributed by atoms with van der Waals surface area (Å²) in [4.78, 5) is 4.32. The molecule has 0 fully saturated rings. The highest BCUT2D eigenvalue weighted by Crippen LogP contribution is 2.06. The van der Waals surface area contributed by atoms with Gasteiger partial charge in [-0.1, -0.05) is 24.2 Å². The van der Waals surface area contributed by atoms with E-state index in [1.807, 2.05) is 13.2 Å². The van der Waals surface area contributed by atoms with E-state index in [4.69, 9.17) is 4.52 Å². The molecule has 2 aromatic heterocycles. The smallest absolute Gasteiger partial charge is 0.248 e. The van der Waals surface area contributed by atoms with Crippen molar-refractivity contribution in [3.05, 3.63) is 23.6 Å². The molecule has 18 heavy (non-hydrogen) atoms. The lowest BCUT2D eigenvalue weighted by atomic mass is 10.1. The molecule has 0 aliphatic carbocycles. The van der Waals surface area contributed by atoms with Gasteiger partial charge in [-0.2, -0.15) is 4.98 Å². The van der Waals surface area contributed by atoms with Crippen LogP contribution in [0.25, 0.3) is 0 Å². The van der Waals surface area contributed by atoms with Crippen LogP contribution in [0.4, 0.5) is 0 Å². The molecule has 0 saturated heterocycles. The summed E-state index contributed by atoms with van der Waals surface area (Å²) in [5.41, 5.74) is 0.888. The number of rotatable bonds is 6. The lowest BCUT2D eigenvalue weighted by molar-refractivity contribution is 0.358. The average Bonchev–Trinajstić information content (AvgIpc) is 2.89. The van der Waals surface area contributed by atoms with Crippen LogP contribution in [-0.4, -0.2) is 32.2 Å². The maximum Gasteiger partial charge on any atom is 0.248 e. The first-order valence-corrected chi connectivity index (χ1v) is 6.02. The van der Waals surface area contributed by atoms with E-state index in [0.717, 1.165) is 17.9 Å². The molecule has 2 rings (SSSR count). The molecule has 98 valence electrons. The Labute approximate surface area is 106 Å². The zero-order chi connectivity index (χ0) is 13.0. The van der Waals surface area contributed by atoms with Gasteiger partial charge >= 0.3 is 0 Å². The van der Waals surface area contributed by atoms with Gasteiger partial charge in [0.1, 0.15) is 6.54 Å². The second-order valence-electron chi connectivity index (χ2n) is 4.64. The lowest BCUT2D eigenvalue weighted by Gasteiger charge is -1.96. The van der Waals surface area contributed by atoms with Gasteiger partial charge in [0.2, 0.25) is 5.89 Å². The molecule has 2 aromatic rings. The van der Waals surface area contributed by atoms with Crippen molar-refractivity contribution in [2.45, 2.75) is 33.4 Å². The minimum Gasteiger partial charge on any atom is -0.337 e. The molecule has 1 N–H and O–H groups in total. The third-order valence-corrected chi connectivity index (χ3v) is 2.34. The van der Waals surface area contributed by atoms with Gasteiger partial charge in [-0.25, -0.2) is 4.68 Å². The molecule has 0 aliphatic heterocycles. The van der Waals surface area contributed by atoms with Crippen LogP contribution in [-0.2, 0) is 19.5 Å². The Morgan fingerprint density at radius 2 is 2.28 bits per heavy atom. The van der Waals surface area contributed by atoms with Gasteiger partial charge in [-0.3, -0.25) is 0 Å². The lowest BCUT2D eigenvalue weighted by Crippen LogP contribution is -2.05. The summed E-state index contributed by atoms with van der Waals surface area (Å²) in [5.74, 6) is 1.83. The molecule has 0 unspecified atom stereocenters. The van der Waals surface area contributed by atoms with E-state index in [9.17, 15) is 0 Å². The van der Waals surface area contributed by atoms with Gasteiger partial charge in [0.15, 0.2) is 5.82 Å². The normalized spacial score (nSPS) is 11.3. The molecule has 0 aromatic carbocycles. The van der Waals surface area contributed by atoms with E-state index < -0.39 is 0 Å². The largest absolute Gasteiger partial charge is 0.337 e. The van der Waals surface area contributed by atoms with E-state index in [-0.39, 0.29) is 0 Å². The highest BCUT2D eigenvalue weighted by molar-refractivity contribution is 4.94. The molecule has 0 atom stereocenters. The molecule has 7 heteroatoms. The second kappa shape index (κ2) is 5.72. The maximum absolute atomic E-state index is 5.17. The summed E-state index contributed by atoms with van der Waals surface area (Å²) in [6.07, 6.45) is 2.69. The minimum atomic E-state index is 0.460. The monoisotopic (exact) mass is 250 g/mol. The van der Waals surface area contributed by atoms with Crippen LogP contribution in [0.2, 0.25) is 0 Å². The van der Waals surface area contributed by atoms with Crippen molar-refractivity contribution in [2.75, 3.05) is 7.05 Å². The number of nitrogens with one attached hydrogen (secondary N) is 1. The van der Waals surface area contributed by atoms with Crippen LogP contribution in [0.5, 0.6) is 0 Å². The van der Waals surface area contributed by atoms with Crippen LogP contribution in [0.3, 0.4) is 0 Å². The summed E-state index contributed by atoms with van der Waals surface area (Å²) in [5, 5.41) is 15.0. The molecular weight excluding hydrogens is 232 g/mol. The van der Waals surface area contributed by atoms with Gasteiger partial charge in [0, 0.05) is 13.0 Å². The first-order chi connectivity index (χ1) is 8.67. The number of nitrogens with zero attached hydrogens (tertiary/aromatic N) is 5. The zero-order valence-corrected chi connectivity index (χ0v) is 10.9. The zero-order valence-electron chi connectivity index (χ0n) is 10.9. The Hall–Kier alpha value is -1.76. The van der Waals surface area contributed by atoms with Crippen molar-refractivity contribution in [3.63, 3.8) is 0 Å². The second-order valence-corrected chi connectivity index (χ2v) is 4.64. The maximum atomic E-state index is 5.17. The third kappa shape index (κ3) is 3.36. The molecule has 0 saturated carbocycles. The van der Waals surface area contributed by atoms with Gasteiger partial charge < -0.3 is 9.84 Å². The molecule has 0 radical (unpaired) electrons. The van der Waals surface area contributed by atoms with Crippen molar-refractivity contribution >= 4 is 0 Å². The van der Waals surface area contributed by atoms with Gasteiger partial charge in [-0.15, -0.1) is 5.10 Å². The highest BCUT2D eigenvalue weighted by atomic mass is 16.5. The van der Waals surface area contributed by atoms with E-state index in [0.29, 0.717) is 24.9 Å². The number of hydrogen-bond donors (Lipinski definition) is 1. The van der Waals surface area contributed by atoms with E-state index in [2.05, 4.69) is 39.6 Å². The Bertz CT molecular complexity index is 489. The molecule has 0 bridgehead atoms. The van der Waals surface area contributed by atoms with E-state index >= 15 is 0 Å². The summed E-state index contributed by atoms with van der Waals surface area (Å²) < 4.78 is 6.87. The molecule has 2 heterocycles. The Morgan fingerprint density at radius 1 is 1.44 bits per heavy atom. The van der Waals surface area contributed by atoms with Crippen LogP contribution >= 0.6 is 0 Å². The van der Waals surface area contributed by atoms with Crippen molar-refractivity contribution < 1.29 is 4.52 Å². The van der Waals surface area contributed by atoms with Gasteiger partial charge in [0.05, 0.1) is 11.9 Å². The van der Waals surface area contributed by atoms with Gasteiger partial charge in [0.25, 0.3) is 0 Å². The molecule has 7 nitrogen and oxygen atoms in total. The van der Waals surface area contributed by atoms with Crippen LogP contribution in [0, 0.1) is 5.92 Å². The summed E-state index contributed by atoms with van der Waals surface area (Å²) >= 11 is 0. The first-order valence-electron chi connectivity index (χ1n) is 6.02. The van der Waals surface area contributed by atoms with Crippen molar-refractivity contribution in [1.29, 1.82) is 0 Å². The minimum absolute atomic E-state index is 0.460. The standard InChI is InChI=1S/C11H18N6O/c1-8(2)4-10-13-11(18-15-10)7-17-6-9(5-12-3)14-16-17/h6,8,12H,4-5,7H2,1-3H3. The number of hydrogen-bond acceptors (Lipinski definition) is 6. The number of aromatic nitrogens is 5. The topological polar surface area (TPSA) is 81.7 Å².